The first-order valence-electron chi connectivity index (χ1n) is 10.2. The van der Waals surface area contributed by atoms with Gasteiger partial charge in [-0.3, -0.25) is 9.59 Å². The van der Waals surface area contributed by atoms with Crippen LogP contribution in [0, 0.1) is 5.41 Å². The molecule has 3 rings (SSSR count). The number of hydrogen-bond donors (Lipinski definition) is 2. The lowest BCUT2D eigenvalue weighted by Gasteiger charge is -2.22. The number of carbonyl (C=O) groups excluding carboxylic acids is 2. The highest BCUT2D eigenvalue weighted by molar-refractivity contribution is 6.00. The Hall–Kier alpha value is -2.60. The smallest absolute Gasteiger partial charge is 0.267 e. The van der Waals surface area contributed by atoms with Crippen LogP contribution in [0.15, 0.2) is 36.4 Å². The fourth-order valence-corrected chi connectivity index (χ4v) is 3.49. The Bertz CT molecular complexity index is 865. The van der Waals surface area contributed by atoms with E-state index in [2.05, 4.69) is 31.4 Å². The Morgan fingerprint density at radius 1 is 1.17 bits per heavy atom. The Kier molecular flexibility index (Phi) is 6.42. The van der Waals surface area contributed by atoms with Crippen LogP contribution in [0.2, 0.25) is 0 Å². The first kappa shape index (κ1) is 21.1. The van der Waals surface area contributed by atoms with Gasteiger partial charge in [-0.15, -0.1) is 0 Å². The summed E-state index contributed by atoms with van der Waals surface area (Å²) in [5.41, 5.74) is 2.85. The zero-order chi connectivity index (χ0) is 21.0. The summed E-state index contributed by atoms with van der Waals surface area (Å²) < 4.78 is 7.49. The van der Waals surface area contributed by atoms with E-state index >= 15 is 0 Å². The van der Waals surface area contributed by atoms with E-state index in [1.165, 1.54) is 0 Å². The number of amides is 2. The molecule has 0 spiro atoms. The van der Waals surface area contributed by atoms with E-state index in [0.717, 1.165) is 17.7 Å². The van der Waals surface area contributed by atoms with E-state index in [9.17, 15) is 9.59 Å². The van der Waals surface area contributed by atoms with Crippen molar-refractivity contribution in [3.8, 4) is 0 Å². The summed E-state index contributed by atoms with van der Waals surface area (Å²) in [4.78, 5) is 25.9. The molecule has 0 fully saturated rings. The SMILES string of the molecule is CC[C@@H](NC(=O)c1cc(C(=O)NCC(C)(C)C)n2c1COCC2)c1ccccc1. The number of benzene rings is 1. The molecule has 6 nitrogen and oxygen atoms in total. The van der Waals surface area contributed by atoms with E-state index in [1.807, 2.05) is 41.8 Å². The standard InChI is InChI=1S/C23H31N3O3/c1-5-18(16-9-7-6-8-10-16)25-21(27)17-13-19(22(28)24-15-23(2,3)4)26-11-12-29-14-20(17)26/h6-10,13,18H,5,11-12,14-15H2,1-4H3,(H,24,28)(H,25,27)/t18-/m1/s1. The van der Waals surface area contributed by atoms with Crippen molar-refractivity contribution in [1.29, 1.82) is 0 Å². The fraction of sp³-hybridized carbons (Fsp3) is 0.478. The largest absolute Gasteiger partial charge is 0.373 e. The van der Waals surface area contributed by atoms with Gasteiger partial charge in [-0.2, -0.15) is 0 Å². The Morgan fingerprint density at radius 3 is 2.55 bits per heavy atom. The molecule has 0 aliphatic carbocycles. The highest BCUT2D eigenvalue weighted by Gasteiger charge is 2.27. The van der Waals surface area contributed by atoms with Gasteiger partial charge in [0, 0.05) is 13.1 Å². The van der Waals surface area contributed by atoms with Crippen molar-refractivity contribution in [3.05, 3.63) is 58.9 Å². The van der Waals surface area contributed by atoms with Crippen LogP contribution in [0.25, 0.3) is 0 Å². The van der Waals surface area contributed by atoms with Crippen LogP contribution < -0.4 is 10.6 Å². The Labute approximate surface area is 172 Å². The number of ether oxygens (including phenoxy) is 1. The Balaban J connectivity index is 1.84. The van der Waals surface area contributed by atoms with Gasteiger partial charge in [-0.25, -0.2) is 0 Å². The first-order chi connectivity index (χ1) is 13.8. The molecule has 1 aliphatic heterocycles. The molecule has 1 aromatic heterocycles. The third kappa shape index (κ3) is 5.07. The van der Waals surface area contributed by atoms with Crippen molar-refractivity contribution >= 4 is 11.8 Å². The second-order valence-corrected chi connectivity index (χ2v) is 8.68. The summed E-state index contributed by atoms with van der Waals surface area (Å²) in [7, 11) is 0. The van der Waals surface area contributed by atoms with Crippen molar-refractivity contribution in [1.82, 2.24) is 15.2 Å². The molecule has 1 aliphatic rings. The zero-order valence-electron chi connectivity index (χ0n) is 17.7. The number of nitrogens with zero attached hydrogens (tertiary/aromatic N) is 1. The Morgan fingerprint density at radius 2 is 1.90 bits per heavy atom. The van der Waals surface area contributed by atoms with Gasteiger partial charge >= 0.3 is 0 Å². The number of nitrogens with one attached hydrogen (secondary N) is 2. The zero-order valence-corrected chi connectivity index (χ0v) is 17.7. The molecule has 2 heterocycles. The van der Waals surface area contributed by atoms with Crippen LogP contribution >= 0.6 is 0 Å². The number of aromatic nitrogens is 1. The number of rotatable bonds is 6. The van der Waals surface area contributed by atoms with Crippen LogP contribution in [0.1, 0.15) is 72.3 Å². The third-order valence-electron chi connectivity index (χ3n) is 5.08. The van der Waals surface area contributed by atoms with Crippen molar-refractivity contribution in [2.45, 2.75) is 53.3 Å². The van der Waals surface area contributed by atoms with Gasteiger partial charge in [0.15, 0.2) is 0 Å². The lowest BCUT2D eigenvalue weighted by Crippen LogP contribution is -2.34. The van der Waals surface area contributed by atoms with E-state index in [-0.39, 0.29) is 23.3 Å². The number of fused-ring (bicyclic) bond motifs is 1. The molecule has 2 aromatic rings. The summed E-state index contributed by atoms with van der Waals surface area (Å²) in [5.74, 6) is -0.331. The molecule has 29 heavy (non-hydrogen) atoms. The van der Waals surface area contributed by atoms with E-state index in [0.29, 0.717) is 37.6 Å². The molecule has 2 N–H and O–H groups in total. The highest BCUT2D eigenvalue weighted by atomic mass is 16.5. The maximum Gasteiger partial charge on any atom is 0.267 e. The van der Waals surface area contributed by atoms with Crippen LogP contribution in [0.5, 0.6) is 0 Å². The van der Waals surface area contributed by atoms with Crippen molar-refractivity contribution in [3.63, 3.8) is 0 Å². The van der Waals surface area contributed by atoms with Gasteiger partial charge in [0.05, 0.1) is 30.5 Å². The monoisotopic (exact) mass is 397 g/mol. The third-order valence-corrected chi connectivity index (χ3v) is 5.08. The molecule has 2 amide bonds. The number of carbonyl (C=O) groups is 2. The van der Waals surface area contributed by atoms with Gasteiger partial charge in [-0.1, -0.05) is 58.0 Å². The lowest BCUT2D eigenvalue weighted by atomic mass is 9.97. The second kappa shape index (κ2) is 8.82. The molecule has 6 heteroatoms. The molecule has 0 bridgehead atoms. The van der Waals surface area contributed by atoms with Gasteiger partial charge in [0.25, 0.3) is 11.8 Å². The van der Waals surface area contributed by atoms with Crippen LogP contribution in [0.3, 0.4) is 0 Å². The van der Waals surface area contributed by atoms with Gasteiger partial charge < -0.3 is 19.9 Å². The van der Waals surface area contributed by atoms with Crippen LogP contribution in [-0.4, -0.2) is 29.5 Å². The minimum Gasteiger partial charge on any atom is -0.373 e. The van der Waals surface area contributed by atoms with E-state index < -0.39 is 0 Å². The molecule has 156 valence electrons. The maximum atomic E-state index is 13.1. The van der Waals surface area contributed by atoms with Gasteiger partial charge in [0.2, 0.25) is 0 Å². The summed E-state index contributed by atoms with van der Waals surface area (Å²) in [6, 6.07) is 11.5. The topological polar surface area (TPSA) is 72.4 Å². The molecule has 1 atom stereocenters. The van der Waals surface area contributed by atoms with Crippen LogP contribution in [-0.2, 0) is 17.9 Å². The van der Waals surface area contributed by atoms with Crippen molar-refractivity contribution < 1.29 is 14.3 Å². The lowest BCUT2D eigenvalue weighted by molar-refractivity contribution is 0.0774. The van der Waals surface area contributed by atoms with Gasteiger partial charge in [-0.05, 0) is 23.5 Å². The van der Waals surface area contributed by atoms with E-state index in [4.69, 9.17) is 4.74 Å². The van der Waals surface area contributed by atoms with Gasteiger partial charge in [0.1, 0.15) is 5.69 Å². The van der Waals surface area contributed by atoms with E-state index in [1.54, 1.807) is 6.07 Å². The number of hydrogen-bond acceptors (Lipinski definition) is 3. The summed E-state index contributed by atoms with van der Waals surface area (Å²) in [6.07, 6.45) is 0.779. The normalized spacial score (nSPS) is 14.8. The molecular weight excluding hydrogens is 366 g/mol. The molecular formula is C23H31N3O3. The summed E-state index contributed by atoms with van der Waals surface area (Å²) in [6.45, 7) is 10.3. The summed E-state index contributed by atoms with van der Waals surface area (Å²) in [5, 5.41) is 6.11. The molecule has 0 radical (unpaired) electrons. The molecule has 0 unspecified atom stereocenters. The predicted octanol–water partition coefficient (Wildman–Crippen LogP) is 3.68. The average molecular weight is 398 g/mol. The second-order valence-electron chi connectivity index (χ2n) is 8.68. The maximum absolute atomic E-state index is 13.1. The van der Waals surface area contributed by atoms with Crippen molar-refractivity contribution in [2.24, 2.45) is 5.41 Å². The molecule has 1 aromatic carbocycles. The minimum atomic E-state index is -0.176. The molecule has 0 saturated carbocycles. The highest BCUT2D eigenvalue weighted by Crippen LogP contribution is 2.23. The predicted molar refractivity (Wildman–Crippen MR) is 113 cm³/mol. The first-order valence-corrected chi connectivity index (χ1v) is 10.2. The van der Waals surface area contributed by atoms with Crippen LogP contribution in [0.4, 0.5) is 0 Å². The average Bonchev–Trinajstić information content (AvgIpc) is 3.10. The van der Waals surface area contributed by atoms with Crippen molar-refractivity contribution in [2.75, 3.05) is 13.2 Å². The fourth-order valence-electron chi connectivity index (χ4n) is 3.49. The molecule has 0 saturated heterocycles. The quantitative estimate of drug-likeness (QED) is 0.781. The summed E-state index contributed by atoms with van der Waals surface area (Å²) >= 11 is 0. The minimum absolute atomic E-state index is 0.0136.